The van der Waals surface area contributed by atoms with E-state index >= 15 is 0 Å². The molecule has 0 unspecified atom stereocenters. The molecule has 0 aliphatic rings. The maximum Gasteiger partial charge on any atom is 0.135 e. The third-order valence-electron chi connectivity index (χ3n) is 4.00. The van der Waals surface area contributed by atoms with Crippen molar-refractivity contribution in [3.8, 4) is 0 Å². The van der Waals surface area contributed by atoms with Gasteiger partial charge in [0.15, 0.2) is 0 Å². The minimum absolute atomic E-state index is 0.829. The summed E-state index contributed by atoms with van der Waals surface area (Å²) in [6, 6.07) is 14.4. The fraction of sp³-hybridized carbons (Fsp3) is 0.409. The van der Waals surface area contributed by atoms with Crippen molar-refractivity contribution in [2.45, 2.75) is 60.4 Å². The Labute approximate surface area is 161 Å². The smallest absolute Gasteiger partial charge is 0.135 e. The van der Waals surface area contributed by atoms with Crippen molar-refractivity contribution >= 4 is 21.9 Å². The van der Waals surface area contributed by atoms with E-state index < -0.39 is 0 Å². The van der Waals surface area contributed by atoms with E-state index in [0.717, 1.165) is 36.1 Å². The average Bonchev–Trinajstić information content (AvgIpc) is 3.27. The lowest BCUT2D eigenvalue weighted by atomic mass is 10.1. The van der Waals surface area contributed by atoms with Gasteiger partial charge in [0.2, 0.25) is 0 Å². The van der Waals surface area contributed by atoms with Crippen LogP contribution in [0.3, 0.4) is 0 Å². The zero-order valence-electron chi connectivity index (χ0n) is 17.1. The number of para-hydroxylation sites is 1. The van der Waals surface area contributed by atoms with Crippen molar-refractivity contribution in [1.29, 1.82) is 0 Å². The Bertz CT molecular complexity index is 955. The molecule has 0 atom stereocenters. The normalized spacial score (nSPS) is 10.3. The number of aromatic nitrogens is 4. The lowest BCUT2D eigenvalue weighted by molar-refractivity contribution is 0.315. The van der Waals surface area contributed by atoms with Gasteiger partial charge in [0.05, 0.1) is 11.2 Å². The molecule has 0 N–H and O–H groups in total. The van der Waals surface area contributed by atoms with Gasteiger partial charge in [-0.05, 0) is 54.3 Å². The van der Waals surface area contributed by atoms with Crippen LogP contribution in [-0.2, 0) is 13.0 Å². The molecule has 0 aliphatic carbocycles. The number of hydrogen-bond donors (Lipinski definition) is 0. The first-order valence-corrected chi connectivity index (χ1v) is 9.77. The van der Waals surface area contributed by atoms with Gasteiger partial charge in [-0.25, -0.2) is 4.63 Å². The van der Waals surface area contributed by atoms with Crippen molar-refractivity contribution in [2.24, 2.45) is 0 Å². The molecule has 5 nitrogen and oxygen atoms in total. The van der Waals surface area contributed by atoms with Crippen LogP contribution in [0.1, 0.15) is 51.8 Å². The van der Waals surface area contributed by atoms with Gasteiger partial charge in [0, 0.05) is 11.9 Å². The first kappa shape index (κ1) is 20.6. The van der Waals surface area contributed by atoms with E-state index in [4.69, 9.17) is 0 Å². The van der Waals surface area contributed by atoms with Gasteiger partial charge < -0.3 is 0 Å². The van der Waals surface area contributed by atoms with Crippen molar-refractivity contribution in [3.63, 3.8) is 0 Å². The van der Waals surface area contributed by atoms with Crippen LogP contribution in [0.5, 0.6) is 0 Å². The minimum Gasteiger partial charge on any atom is -0.265 e. The van der Waals surface area contributed by atoms with E-state index in [2.05, 4.69) is 85.0 Å². The van der Waals surface area contributed by atoms with E-state index in [1.165, 1.54) is 22.9 Å². The van der Waals surface area contributed by atoms with Gasteiger partial charge in [0.25, 0.3) is 0 Å². The van der Waals surface area contributed by atoms with Gasteiger partial charge >= 0.3 is 0 Å². The molecule has 2 aromatic carbocycles. The van der Waals surface area contributed by atoms with E-state index in [1.54, 1.807) is 0 Å². The number of nitrogens with zero attached hydrogens (tertiary/aromatic N) is 4. The fourth-order valence-corrected chi connectivity index (χ4v) is 2.81. The molecule has 0 aliphatic heterocycles. The lowest BCUT2D eigenvalue weighted by Gasteiger charge is -1.95. The predicted octanol–water partition coefficient (Wildman–Crippen LogP) is 5.96. The fourth-order valence-electron chi connectivity index (χ4n) is 2.81. The Kier molecular flexibility index (Phi) is 7.99. The Morgan fingerprint density at radius 3 is 2.33 bits per heavy atom. The molecule has 0 bridgehead atoms. The number of aryl methyl sites for hydroxylation is 3. The summed E-state index contributed by atoms with van der Waals surface area (Å²) >= 11 is 0. The van der Waals surface area contributed by atoms with Gasteiger partial charge in [-0.15, -0.1) is 0 Å². The summed E-state index contributed by atoms with van der Waals surface area (Å²) in [7, 11) is 0. The number of hydrogen-bond acceptors (Lipinski definition) is 4. The summed E-state index contributed by atoms with van der Waals surface area (Å²) in [4.78, 5) is 0. The molecule has 0 radical (unpaired) electrons. The Morgan fingerprint density at radius 2 is 1.63 bits per heavy atom. The summed E-state index contributed by atoms with van der Waals surface area (Å²) in [6.45, 7) is 11.5. The molecule has 0 saturated heterocycles. The van der Waals surface area contributed by atoms with Crippen LogP contribution in [0.25, 0.3) is 21.9 Å². The highest BCUT2D eigenvalue weighted by Gasteiger charge is 2.03. The zero-order chi connectivity index (χ0) is 19.6. The molecular formula is C22H30N4O. The largest absolute Gasteiger partial charge is 0.265 e. The van der Waals surface area contributed by atoms with Gasteiger partial charge in [0.1, 0.15) is 11.0 Å². The second-order valence-corrected chi connectivity index (χ2v) is 6.46. The van der Waals surface area contributed by atoms with Crippen LogP contribution in [0, 0.1) is 6.92 Å². The third kappa shape index (κ3) is 5.39. The molecule has 4 aromatic rings. The maximum absolute atomic E-state index is 4.60. The molecule has 0 saturated carbocycles. The second-order valence-electron chi connectivity index (χ2n) is 6.46. The predicted molar refractivity (Wildman–Crippen MR) is 112 cm³/mol. The molecule has 144 valence electrons. The topological polar surface area (TPSA) is 56.7 Å². The highest BCUT2D eigenvalue weighted by Crippen LogP contribution is 2.16. The van der Waals surface area contributed by atoms with Crippen LogP contribution < -0.4 is 0 Å². The van der Waals surface area contributed by atoms with Crippen molar-refractivity contribution in [3.05, 3.63) is 53.7 Å². The molecule has 0 fully saturated rings. The third-order valence-corrected chi connectivity index (χ3v) is 4.00. The van der Waals surface area contributed by atoms with Crippen molar-refractivity contribution in [1.82, 2.24) is 20.1 Å². The highest BCUT2D eigenvalue weighted by atomic mass is 16.6. The van der Waals surface area contributed by atoms with Gasteiger partial charge in [-0.3, -0.25) is 4.68 Å². The minimum atomic E-state index is 0.829. The van der Waals surface area contributed by atoms with Gasteiger partial charge in [-0.2, -0.15) is 5.10 Å². The number of fused-ring (bicyclic) bond motifs is 2. The number of benzene rings is 2. The summed E-state index contributed by atoms with van der Waals surface area (Å²) in [5.74, 6) is 0. The summed E-state index contributed by atoms with van der Waals surface area (Å²) < 4.78 is 6.63. The molecule has 2 aromatic heterocycles. The van der Waals surface area contributed by atoms with Crippen LogP contribution in [0.15, 0.2) is 47.1 Å². The SMILES string of the molecule is CCC.CCCc1ccc2nonc2c1.CCn1nc(C)c2ccccc21. The van der Waals surface area contributed by atoms with Crippen molar-refractivity contribution in [2.75, 3.05) is 0 Å². The summed E-state index contributed by atoms with van der Waals surface area (Å²) in [5.41, 5.74) is 5.32. The number of rotatable bonds is 3. The Morgan fingerprint density at radius 1 is 0.926 bits per heavy atom. The Hall–Kier alpha value is -2.69. The second kappa shape index (κ2) is 10.5. The quantitative estimate of drug-likeness (QED) is 0.449. The monoisotopic (exact) mass is 366 g/mol. The zero-order valence-corrected chi connectivity index (χ0v) is 17.1. The van der Waals surface area contributed by atoms with E-state index in [-0.39, 0.29) is 0 Å². The molecule has 5 heteroatoms. The Balaban J connectivity index is 0.000000170. The molecule has 2 heterocycles. The average molecular weight is 367 g/mol. The summed E-state index contributed by atoms with van der Waals surface area (Å²) in [6.07, 6.45) is 3.49. The van der Waals surface area contributed by atoms with Crippen LogP contribution in [-0.4, -0.2) is 20.1 Å². The van der Waals surface area contributed by atoms with Crippen LogP contribution in [0.4, 0.5) is 0 Å². The van der Waals surface area contributed by atoms with E-state index in [1.807, 2.05) is 16.8 Å². The standard InChI is InChI=1S/C10H12N2.C9H10N2O.C3H8/c1-3-12-10-7-5-4-6-9(10)8(2)11-12;1-2-3-7-4-5-8-9(6-7)11-12-10-8;1-3-2/h4-7H,3H2,1-2H3;4-6H,2-3H2,1H3;3H2,1-2H3. The molecule has 0 spiro atoms. The van der Waals surface area contributed by atoms with Crippen molar-refractivity contribution < 1.29 is 4.63 Å². The maximum atomic E-state index is 4.60. The van der Waals surface area contributed by atoms with E-state index in [0.29, 0.717) is 0 Å². The lowest BCUT2D eigenvalue weighted by Crippen LogP contribution is -1.95. The van der Waals surface area contributed by atoms with Crippen LogP contribution in [0.2, 0.25) is 0 Å². The van der Waals surface area contributed by atoms with Gasteiger partial charge in [-0.1, -0.05) is 57.9 Å². The molecule has 0 amide bonds. The van der Waals surface area contributed by atoms with Crippen LogP contribution >= 0.6 is 0 Å². The molecule has 4 rings (SSSR count). The highest BCUT2D eigenvalue weighted by molar-refractivity contribution is 5.81. The first-order chi connectivity index (χ1) is 13.1. The van der Waals surface area contributed by atoms with E-state index in [9.17, 15) is 0 Å². The summed E-state index contributed by atoms with van der Waals surface area (Å²) in [5, 5.41) is 13.2. The molecular weight excluding hydrogens is 336 g/mol. The first-order valence-electron chi connectivity index (χ1n) is 9.77. The molecule has 27 heavy (non-hydrogen) atoms.